The van der Waals surface area contributed by atoms with Crippen molar-refractivity contribution in [1.29, 1.82) is 0 Å². The van der Waals surface area contributed by atoms with Crippen LogP contribution in [0.2, 0.25) is 0 Å². The topological polar surface area (TPSA) is 66.5 Å². The molecule has 6 heteroatoms. The number of hydrogen-bond acceptors (Lipinski definition) is 3. The van der Waals surface area contributed by atoms with E-state index in [9.17, 15) is 13.8 Å². The van der Waals surface area contributed by atoms with Gasteiger partial charge in [-0.2, -0.15) is 0 Å². The molecule has 2 rings (SSSR count). The largest absolute Gasteiger partial charge is 0.343 e. The van der Waals surface area contributed by atoms with E-state index in [-0.39, 0.29) is 30.4 Å². The Balaban J connectivity index is 2.05. The number of piperazine rings is 1. The van der Waals surface area contributed by atoms with Crippen LogP contribution in [0, 0.1) is 0 Å². The summed E-state index contributed by atoms with van der Waals surface area (Å²) < 4.78 is 11.3. The zero-order valence-electron chi connectivity index (χ0n) is 9.98. The van der Waals surface area contributed by atoms with Crippen molar-refractivity contribution in [3.8, 4) is 0 Å². The number of rotatable bonds is 2. The molecule has 17 heavy (non-hydrogen) atoms. The van der Waals surface area contributed by atoms with Gasteiger partial charge in [0.05, 0.1) is 6.54 Å². The Morgan fingerprint density at radius 3 is 2.59 bits per heavy atom. The summed E-state index contributed by atoms with van der Waals surface area (Å²) in [6.07, 6.45) is 2.13. The predicted molar refractivity (Wildman–Crippen MR) is 64.8 cm³/mol. The molecule has 2 saturated heterocycles. The predicted octanol–water partition coefficient (Wildman–Crippen LogP) is -0.365. The fraction of sp³-hybridized carbons (Fsp3) is 0.818. The van der Waals surface area contributed by atoms with Gasteiger partial charge in [-0.25, -0.2) is 0 Å². The highest BCUT2D eigenvalue weighted by atomic mass is 32.2. The number of nitrogens with zero attached hydrogens (tertiary/aromatic N) is 1. The van der Waals surface area contributed by atoms with E-state index in [2.05, 4.69) is 5.32 Å². The Kier molecular flexibility index (Phi) is 3.81. The third-order valence-electron chi connectivity index (χ3n) is 3.44. The molecule has 2 amide bonds. The van der Waals surface area contributed by atoms with Gasteiger partial charge in [0.15, 0.2) is 0 Å². The molecule has 2 aliphatic heterocycles. The minimum absolute atomic E-state index is 0.0183. The lowest BCUT2D eigenvalue weighted by atomic mass is 10.0. The number of amides is 2. The normalized spacial score (nSPS) is 34.6. The maximum absolute atomic E-state index is 12.1. The van der Waals surface area contributed by atoms with Crippen molar-refractivity contribution in [1.82, 2.24) is 10.2 Å². The van der Waals surface area contributed by atoms with Crippen molar-refractivity contribution in [3.05, 3.63) is 0 Å². The molecule has 0 aromatic heterocycles. The van der Waals surface area contributed by atoms with Crippen LogP contribution < -0.4 is 5.32 Å². The summed E-state index contributed by atoms with van der Waals surface area (Å²) in [5.41, 5.74) is 0. The van der Waals surface area contributed by atoms with Crippen molar-refractivity contribution in [2.45, 2.75) is 38.3 Å². The molecule has 96 valence electrons. The zero-order valence-corrected chi connectivity index (χ0v) is 10.8. The van der Waals surface area contributed by atoms with Crippen LogP contribution in [0.3, 0.4) is 0 Å². The first-order valence-corrected chi connectivity index (χ1v) is 7.55. The molecule has 1 atom stereocenters. The lowest BCUT2D eigenvalue weighted by Crippen LogP contribution is -2.61. The molecule has 0 spiro atoms. The van der Waals surface area contributed by atoms with E-state index in [1.54, 1.807) is 4.90 Å². The van der Waals surface area contributed by atoms with Gasteiger partial charge in [-0.15, -0.1) is 0 Å². The second-order valence-electron chi connectivity index (χ2n) is 4.57. The summed E-state index contributed by atoms with van der Waals surface area (Å²) in [5, 5.41) is 2.70. The van der Waals surface area contributed by atoms with E-state index in [1.165, 1.54) is 0 Å². The van der Waals surface area contributed by atoms with Crippen LogP contribution in [0.25, 0.3) is 0 Å². The minimum Gasteiger partial charge on any atom is -0.343 e. The van der Waals surface area contributed by atoms with E-state index in [0.717, 1.165) is 12.8 Å². The first-order valence-electron chi connectivity index (χ1n) is 6.06. The number of carbonyl (C=O) groups is 2. The Bertz CT molecular complexity index is 349. The zero-order chi connectivity index (χ0) is 12.4. The highest BCUT2D eigenvalue weighted by Gasteiger charge is 2.36. The monoisotopic (exact) mass is 258 g/mol. The average Bonchev–Trinajstić information content (AvgIpc) is 2.33. The average molecular weight is 258 g/mol. The third kappa shape index (κ3) is 2.68. The maximum atomic E-state index is 12.1. The Labute approximate surface area is 103 Å². The number of nitrogens with one attached hydrogen (secondary N) is 1. The standard InChI is InChI=1S/C11H18N2O3S/c1-2-9-11(15)13(7-10(14)12-9)8-3-5-17(16)6-4-8/h8-9H,2-7H2,1H3,(H,12,14). The highest BCUT2D eigenvalue weighted by Crippen LogP contribution is 2.19. The molecule has 5 nitrogen and oxygen atoms in total. The Morgan fingerprint density at radius 1 is 1.35 bits per heavy atom. The van der Waals surface area contributed by atoms with E-state index >= 15 is 0 Å². The van der Waals surface area contributed by atoms with Crippen molar-refractivity contribution in [3.63, 3.8) is 0 Å². The van der Waals surface area contributed by atoms with E-state index in [4.69, 9.17) is 0 Å². The molecule has 2 heterocycles. The lowest BCUT2D eigenvalue weighted by Gasteiger charge is -2.39. The molecule has 1 N–H and O–H groups in total. The molecule has 2 aliphatic rings. The Morgan fingerprint density at radius 2 is 2.00 bits per heavy atom. The van der Waals surface area contributed by atoms with Gasteiger partial charge in [0.2, 0.25) is 11.8 Å². The lowest BCUT2D eigenvalue weighted by molar-refractivity contribution is -0.146. The van der Waals surface area contributed by atoms with Gasteiger partial charge in [0, 0.05) is 28.3 Å². The van der Waals surface area contributed by atoms with Crippen molar-refractivity contribution < 1.29 is 13.8 Å². The molecule has 0 aromatic carbocycles. The van der Waals surface area contributed by atoms with Gasteiger partial charge >= 0.3 is 0 Å². The summed E-state index contributed by atoms with van der Waals surface area (Å²) in [5.74, 6) is 1.23. The quantitative estimate of drug-likeness (QED) is 0.735. The van der Waals surface area contributed by atoms with Crippen LogP contribution in [-0.2, 0) is 20.4 Å². The first kappa shape index (κ1) is 12.5. The van der Waals surface area contributed by atoms with Crippen LogP contribution >= 0.6 is 0 Å². The SMILES string of the molecule is CCC1NC(=O)CN(C2CCS(=O)CC2)C1=O. The van der Waals surface area contributed by atoms with E-state index < -0.39 is 10.8 Å². The van der Waals surface area contributed by atoms with E-state index in [1.807, 2.05) is 6.92 Å². The minimum atomic E-state index is -0.734. The van der Waals surface area contributed by atoms with Crippen LogP contribution in [0.4, 0.5) is 0 Å². The summed E-state index contributed by atoms with van der Waals surface area (Å²) >= 11 is 0. The van der Waals surface area contributed by atoms with Crippen LogP contribution in [0.5, 0.6) is 0 Å². The molecule has 0 bridgehead atoms. The van der Waals surface area contributed by atoms with E-state index in [0.29, 0.717) is 17.9 Å². The number of carbonyl (C=O) groups excluding carboxylic acids is 2. The van der Waals surface area contributed by atoms with Crippen LogP contribution in [0.15, 0.2) is 0 Å². The van der Waals surface area contributed by atoms with Crippen molar-refractivity contribution >= 4 is 22.6 Å². The fourth-order valence-electron chi connectivity index (χ4n) is 2.41. The van der Waals surface area contributed by atoms with Gasteiger partial charge in [0.25, 0.3) is 0 Å². The fourth-order valence-corrected chi connectivity index (χ4v) is 3.69. The molecule has 1 unspecified atom stereocenters. The molecule has 0 radical (unpaired) electrons. The molecule has 2 fully saturated rings. The van der Waals surface area contributed by atoms with Gasteiger partial charge in [0.1, 0.15) is 6.04 Å². The summed E-state index contributed by atoms with van der Waals surface area (Å²) in [6, 6.07) is -0.274. The maximum Gasteiger partial charge on any atom is 0.245 e. The van der Waals surface area contributed by atoms with Crippen molar-refractivity contribution in [2.75, 3.05) is 18.1 Å². The summed E-state index contributed by atoms with van der Waals surface area (Å²) in [6.45, 7) is 2.05. The summed E-state index contributed by atoms with van der Waals surface area (Å²) in [7, 11) is -0.734. The second-order valence-corrected chi connectivity index (χ2v) is 6.27. The van der Waals surface area contributed by atoms with Crippen LogP contribution in [0.1, 0.15) is 26.2 Å². The smallest absolute Gasteiger partial charge is 0.245 e. The first-order chi connectivity index (χ1) is 8.11. The van der Waals surface area contributed by atoms with Crippen molar-refractivity contribution in [2.24, 2.45) is 0 Å². The van der Waals surface area contributed by atoms with Gasteiger partial charge in [-0.3, -0.25) is 13.8 Å². The Hall–Kier alpha value is -0.910. The molecular weight excluding hydrogens is 240 g/mol. The highest BCUT2D eigenvalue weighted by molar-refractivity contribution is 7.85. The van der Waals surface area contributed by atoms with Crippen LogP contribution in [-0.4, -0.2) is 51.1 Å². The third-order valence-corrected chi connectivity index (χ3v) is 4.82. The molecular formula is C11H18N2O3S. The summed E-state index contributed by atoms with van der Waals surface area (Å²) in [4.78, 5) is 25.3. The second kappa shape index (κ2) is 5.16. The molecule has 0 aromatic rings. The molecule has 0 aliphatic carbocycles. The van der Waals surface area contributed by atoms with Gasteiger partial charge in [-0.05, 0) is 19.3 Å². The molecule has 0 saturated carbocycles. The number of hydrogen-bond donors (Lipinski definition) is 1. The van der Waals surface area contributed by atoms with Gasteiger partial charge in [-0.1, -0.05) is 6.92 Å². The van der Waals surface area contributed by atoms with Gasteiger partial charge < -0.3 is 10.2 Å².